The number of nitrogens with zero attached hydrogens (tertiary/aromatic N) is 6. The molecule has 25 heteroatoms. The lowest BCUT2D eigenvalue weighted by Crippen LogP contribution is -2.40. The van der Waals surface area contributed by atoms with Gasteiger partial charge in [-0.2, -0.15) is 15.0 Å². The van der Waals surface area contributed by atoms with E-state index < -0.39 is 70.7 Å². The standard InChI is InChI=1S/C13H13N5O6S.C11H12N4O7S2/c1-7-14-11(17-13(15-7)24-2)16-12(21)18-25(22,23)9-6-4-3-5-8(9)10(19)20;1-5-7(6(4-23-5)8(16)17)24(20,21)13-9(18)15-11(19)14(2)10(12-15)22-3/h3-6H,1-2H3,(H,19,20)(H2,14,15,16,17,18,21);4H,1-3H3,(H,13,18)(H,16,17). The molecule has 0 aliphatic heterocycles. The molecule has 0 radical (unpaired) electrons. The molecule has 262 valence electrons. The number of amides is 3. The summed E-state index contributed by atoms with van der Waals surface area (Å²) in [5.74, 6) is -2.90. The maximum Gasteiger partial charge on any atom is 0.360 e. The van der Waals surface area contributed by atoms with Gasteiger partial charge in [-0.15, -0.1) is 21.1 Å². The van der Waals surface area contributed by atoms with Crippen molar-refractivity contribution in [2.45, 2.75) is 23.6 Å². The van der Waals surface area contributed by atoms with E-state index in [0.717, 1.165) is 33.4 Å². The molecule has 1 aromatic carbocycles. The van der Waals surface area contributed by atoms with Crippen molar-refractivity contribution in [3.63, 3.8) is 0 Å². The first-order valence-corrected chi connectivity index (χ1v) is 16.7. The average molecular weight is 744 g/mol. The lowest BCUT2D eigenvalue weighted by molar-refractivity contribution is 0.0682. The summed E-state index contributed by atoms with van der Waals surface area (Å²) in [7, 11) is -5.14. The Kier molecular flexibility index (Phi) is 11.4. The van der Waals surface area contributed by atoms with Gasteiger partial charge in [0.25, 0.3) is 20.0 Å². The van der Waals surface area contributed by atoms with Crippen LogP contribution in [0.25, 0.3) is 0 Å². The molecule has 3 amide bonds. The van der Waals surface area contributed by atoms with Crippen molar-refractivity contribution in [2.75, 3.05) is 19.5 Å². The third-order valence-corrected chi connectivity index (χ3v) is 9.66. The molecular weight excluding hydrogens is 719 g/mol. The van der Waals surface area contributed by atoms with E-state index in [1.807, 2.05) is 0 Å². The highest BCUT2D eigenvalue weighted by atomic mass is 32.2. The van der Waals surface area contributed by atoms with E-state index in [9.17, 15) is 40.8 Å². The fourth-order valence-corrected chi connectivity index (χ4v) is 7.27. The number of urea groups is 1. The van der Waals surface area contributed by atoms with Gasteiger partial charge in [-0.05, 0) is 26.0 Å². The van der Waals surface area contributed by atoms with Gasteiger partial charge in [0, 0.05) is 17.3 Å². The fourth-order valence-electron chi connectivity index (χ4n) is 3.65. The third-order valence-electron chi connectivity index (χ3n) is 5.72. The first kappa shape index (κ1) is 37.5. The first-order valence-electron chi connectivity index (χ1n) is 12.8. The van der Waals surface area contributed by atoms with E-state index in [2.05, 4.69) is 25.4 Å². The average Bonchev–Trinajstić information content (AvgIpc) is 3.56. The summed E-state index contributed by atoms with van der Waals surface area (Å²) in [5.41, 5.74) is -1.87. The molecule has 22 nitrogen and oxygen atoms in total. The molecule has 0 bridgehead atoms. The molecule has 49 heavy (non-hydrogen) atoms. The van der Waals surface area contributed by atoms with Gasteiger partial charge in [-0.25, -0.2) is 54.8 Å². The van der Waals surface area contributed by atoms with Gasteiger partial charge in [0.2, 0.25) is 5.95 Å². The zero-order valence-corrected chi connectivity index (χ0v) is 28.1. The lowest BCUT2D eigenvalue weighted by Gasteiger charge is -2.10. The van der Waals surface area contributed by atoms with Crippen LogP contribution in [0.4, 0.5) is 15.5 Å². The number of rotatable bonds is 9. The van der Waals surface area contributed by atoms with Crippen molar-refractivity contribution in [1.82, 2.24) is 38.7 Å². The number of aryl methyl sites for hydroxylation is 2. The molecule has 0 spiro atoms. The molecule has 0 aliphatic carbocycles. The minimum Gasteiger partial charge on any atom is -0.478 e. The number of methoxy groups -OCH3 is 2. The summed E-state index contributed by atoms with van der Waals surface area (Å²) in [5, 5.41) is 24.9. The number of hydrogen-bond acceptors (Lipinski definition) is 16. The van der Waals surface area contributed by atoms with E-state index in [-0.39, 0.29) is 33.4 Å². The number of sulfonamides is 2. The summed E-state index contributed by atoms with van der Waals surface area (Å²) in [4.78, 5) is 68.5. The number of carboxylic acid groups (broad SMARTS) is 2. The highest BCUT2D eigenvalue weighted by Gasteiger charge is 2.30. The molecule has 0 atom stereocenters. The topological polar surface area (TPSA) is 310 Å². The Hall–Kier alpha value is -5.95. The normalized spacial score (nSPS) is 11.0. The largest absolute Gasteiger partial charge is 0.478 e. The lowest BCUT2D eigenvalue weighted by atomic mass is 10.2. The van der Waals surface area contributed by atoms with Crippen molar-refractivity contribution in [2.24, 2.45) is 7.05 Å². The number of aromatic nitrogens is 6. The Labute approximate surface area is 279 Å². The van der Waals surface area contributed by atoms with Crippen molar-refractivity contribution in [3.8, 4) is 12.0 Å². The van der Waals surface area contributed by atoms with Crippen LogP contribution in [0.1, 0.15) is 31.4 Å². The predicted octanol–water partition coefficient (Wildman–Crippen LogP) is 0.00234. The van der Waals surface area contributed by atoms with Gasteiger partial charge in [0.15, 0.2) is 0 Å². The Morgan fingerprint density at radius 3 is 2.08 bits per heavy atom. The molecule has 5 N–H and O–H groups in total. The Morgan fingerprint density at radius 1 is 0.878 bits per heavy atom. The van der Waals surface area contributed by atoms with Crippen LogP contribution in [0.3, 0.4) is 0 Å². The molecule has 4 aromatic rings. The number of thiophene rings is 1. The number of nitrogens with one attached hydrogen (secondary N) is 3. The van der Waals surface area contributed by atoms with Gasteiger partial charge in [0.1, 0.15) is 15.6 Å². The summed E-state index contributed by atoms with van der Waals surface area (Å²) in [6.07, 6.45) is 0. The maximum absolute atomic E-state index is 12.3. The molecule has 0 unspecified atom stereocenters. The Morgan fingerprint density at radius 2 is 1.51 bits per heavy atom. The molecule has 4 rings (SSSR count). The van der Waals surface area contributed by atoms with Crippen LogP contribution in [-0.2, 0) is 27.1 Å². The summed E-state index contributed by atoms with van der Waals surface area (Å²) < 4.78 is 63.2. The second-order valence-electron chi connectivity index (χ2n) is 9.04. The number of ether oxygens (including phenoxy) is 2. The van der Waals surface area contributed by atoms with E-state index >= 15 is 0 Å². The molecule has 0 aliphatic rings. The molecule has 3 aromatic heterocycles. The third kappa shape index (κ3) is 8.70. The SMILES string of the molecule is COc1nc(C)nc(NC(=O)NS(=O)(=O)c2ccccc2C(=O)O)n1.COc1nn(C(=O)NS(=O)(=O)c2c(C(=O)O)csc2C)c(=O)n1C. The maximum atomic E-state index is 12.3. The smallest absolute Gasteiger partial charge is 0.360 e. The molecule has 0 fully saturated rings. The van der Waals surface area contributed by atoms with Crippen LogP contribution in [0, 0.1) is 13.8 Å². The molecular formula is C24H25N9O13S3. The Balaban J connectivity index is 0.000000266. The van der Waals surface area contributed by atoms with E-state index in [1.165, 1.54) is 47.2 Å². The first-order chi connectivity index (χ1) is 22.8. The van der Waals surface area contributed by atoms with Crippen LogP contribution in [-0.4, -0.2) is 94.6 Å². The van der Waals surface area contributed by atoms with Crippen LogP contribution in [0.2, 0.25) is 0 Å². The van der Waals surface area contributed by atoms with Crippen LogP contribution >= 0.6 is 11.3 Å². The van der Waals surface area contributed by atoms with Gasteiger partial charge < -0.3 is 19.7 Å². The zero-order valence-electron chi connectivity index (χ0n) is 25.7. The number of benzene rings is 1. The second kappa shape index (κ2) is 14.9. The van der Waals surface area contributed by atoms with E-state index in [4.69, 9.17) is 19.7 Å². The summed E-state index contributed by atoms with van der Waals surface area (Å²) in [6.45, 7) is 2.92. The van der Waals surface area contributed by atoms with Gasteiger partial charge >= 0.3 is 41.7 Å². The molecule has 3 heterocycles. The van der Waals surface area contributed by atoms with E-state index in [0.29, 0.717) is 0 Å². The summed E-state index contributed by atoms with van der Waals surface area (Å²) in [6, 6.07) is 2.06. The minimum absolute atomic E-state index is 0.0677. The number of aromatic carboxylic acids is 2. The number of carbonyl (C=O) groups excluding carboxylic acids is 2. The molecule has 0 saturated heterocycles. The number of carbonyl (C=O) groups is 4. The summed E-state index contributed by atoms with van der Waals surface area (Å²) >= 11 is 0.903. The van der Waals surface area contributed by atoms with E-state index in [1.54, 1.807) is 9.44 Å². The van der Waals surface area contributed by atoms with Crippen molar-refractivity contribution in [1.29, 1.82) is 0 Å². The number of hydrogen-bond donors (Lipinski definition) is 5. The number of anilines is 1. The molecule has 0 saturated carbocycles. The predicted molar refractivity (Wildman–Crippen MR) is 165 cm³/mol. The van der Waals surface area contributed by atoms with Gasteiger partial charge in [0.05, 0.1) is 25.3 Å². The van der Waals surface area contributed by atoms with Gasteiger partial charge in [-0.3, -0.25) is 5.32 Å². The monoisotopic (exact) mass is 743 g/mol. The van der Waals surface area contributed by atoms with Gasteiger partial charge in [-0.1, -0.05) is 12.1 Å². The highest BCUT2D eigenvalue weighted by molar-refractivity contribution is 7.90. The van der Waals surface area contributed by atoms with Crippen LogP contribution < -0.4 is 29.9 Å². The zero-order chi connectivity index (χ0) is 36.8. The van der Waals surface area contributed by atoms with Crippen molar-refractivity contribution in [3.05, 3.63) is 62.0 Å². The Bertz CT molecular complexity index is 2230. The number of carboxylic acids is 2. The second-order valence-corrected chi connectivity index (χ2v) is 13.4. The quantitative estimate of drug-likeness (QED) is 0.151. The van der Waals surface area contributed by atoms with Crippen LogP contribution in [0.5, 0.6) is 12.0 Å². The fraction of sp³-hybridized carbons (Fsp3) is 0.208. The van der Waals surface area contributed by atoms with Crippen molar-refractivity contribution < 1.29 is 55.7 Å². The minimum atomic E-state index is -4.52. The highest BCUT2D eigenvalue weighted by Crippen LogP contribution is 2.26. The van der Waals surface area contributed by atoms with Crippen LogP contribution in [0.15, 0.2) is 44.2 Å². The van der Waals surface area contributed by atoms with Crippen molar-refractivity contribution >= 4 is 61.3 Å².